The summed E-state index contributed by atoms with van der Waals surface area (Å²) in [6.45, 7) is 0.458. The summed E-state index contributed by atoms with van der Waals surface area (Å²) in [4.78, 5) is 33.8. The molecule has 0 aliphatic heterocycles. The van der Waals surface area contributed by atoms with Crippen LogP contribution >= 0.6 is 11.3 Å². The molecule has 2 aromatic rings. The van der Waals surface area contributed by atoms with Crippen LogP contribution in [0.1, 0.15) is 21.2 Å². The summed E-state index contributed by atoms with van der Waals surface area (Å²) in [5, 5.41) is 15.9. The van der Waals surface area contributed by atoms with Gasteiger partial charge in [-0.1, -0.05) is 0 Å². The number of rotatable bonds is 5. The predicted molar refractivity (Wildman–Crippen MR) is 70.2 cm³/mol. The summed E-state index contributed by atoms with van der Waals surface area (Å²) >= 11 is 1.18. The molecule has 0 saturated carbocycles. The number of thiazole rings is 1. The Kier molecular flexibility index (Phi) is 4.56. The van der Waals surface area contributed by atoms with Crippen LogP contribution in [0.4, 0.5) is 4.79 Å². The van der Waals surface area contributed by atoms with E-state index in [4.69, 9.17) is 5.11 Å². The molecule has 2 heterocycles. The van der Waals surface area contributed by atoms with Crippen LogP contribution in [0.2, 0.25) is 0 Å². The van der Waals surface area contributed by atoms with Gasteiger partial charge in [0, 0.05) is 11.6 Å². The Hall–Kier alpha value is -2.55. The standard InChI is InChI=1S/C11H11N5O3S/c17-10(18)8-5-20-9(16-8)4-14-11(19)13-3-7-1-2-12-6-15-7/h1-2,5-6H,3-4H2,(H,17,18)(H2,13,14,19). The zero-order chi connectivity index (χ0) is 14.4. The molecule has 0 bridgehead atoms. The molecule has 2 amide bonds. The van der Waals surface area contributed by atoms with E-state index in [0.29, 0.717) is 10.7 Å². The summed E-state index contributed by atoms with van der Waals surface area (Å²) in [6, 6.07) is 1.32. The highest BCUT2D eigenvalue weighted by molar-refractivity contribution is 7.09. The number of carbonyl (C=O) groups is 2. The Balaban J connectivity index is 1.76. The minimum Gasteiger partial charge on any atom is -0.476 e. The highest BCUT2D eigenvalue weighted by atomic mass is 32.1. The lowest BCUT2D eigenvalue weighted by atomic mass is 10.4. The first-order chi connectivity index (χ1) is 9.65. The van der Waals surface area contributed by atoms with Crippen molar-refractivity contribution in [3.8, 4) is 0 Å². The van der Waals surface area contributed by atoms with Crippen molar-refractivity contribution in [2.75, 3.05) is 0 Å². The second-order valence-electron chi connectivity index (χ2n) is 3.67. The average molecular weight is 293 g/mol. The van der Waals surface area contributed by atoms with E-state index in [2.05, 4.69) is 25.6 Å². The van der Waals surface area contributed by atoms with Gasteiger partial charge >= 0.3 is 12.0 Å². The lowest BCUT2D eigenvalue weighted by Crippen LogP contribution is -2.34. The van der Waals surface area contributed by atoms with Crippen LogP contribution < -0.4 is 10.6 Å². The number of nitrogens with one attached hydrogen (secondary N) is 2. The SMILES string of the molecule is O=C(NCc1ccncn1)NCc1nc(C(=O)O)cs1. The number of urea groups is 1. The van der Waals surface area contributed by atoms with E-state index in [9.17, 15) is 9.59 Å². The predicted octanol–water partition coefficient (Wildman–Crippen LogP) is 0.631. The van der Waals surface area contributed by atoms with Crippen LogP contribution in [0.25, 0.3) is 0 Å². The molecule has 0 unspecified atom stereocenters. The van der Waals surface area contributed by atoms with Crippen molar-refractivity contribution in [1.82, 2.24) is 25.6 Å². The maximum absolute atomic E-state index is 11.5. The maximum Gasteiger partial charge on any atom is 0.355 e. The van der Waals surface area contributed by atoms with Crippen molar-refractivity contribution in [2.24, 2.45) is 0 Å². The Labute approximate surface area is 117 Å². The first-order valence-corrected chi connectivity index (χ1v) is 6.47. The van der Waals surface area contributed by atoms with Gasteiger partial charge in [0.1, 0.15) is 11.3 Å². The van der Waals surface area contributed by atoms with Crippen LogP contribution in [-0.4, -0.2) is 32.1 Å². The molecule has 9 heteroatoms. The van der Waals surface area contributed by atoms with Crippen molar-refractivity contribution in [1.29, 1.82) is 0 Å². The van der Waals surface area contributed by atoms with E-state index in [1.54, 1.807) is 12.3 Å². The molecule has 8 nitrogen and oxygen atoms in total. The van der Waals surface area contributed by atoms with Gasteiger partial charge in [-0.05, 0) is 6.07 Å². The summed E-state index contributed by atoms with van der Waals surface area (Å²) in [7, 11) is 0. The fourth-order valence-corrected chi connectivity index (χ4v) is 2.01. The number of carboxylic acid groups (broad SMARTS) is 1. The first kappa shape index (κ1) is 13.9. The molecule has 0 aliphatic rings. The Bertz CT molecular complexity index is 601. The van der Waals surface area contributed by atoms with Crippen molar-refractivity contribution in [3.05, 3.63) is 40.4 Å². The molecule has 0 aliphatic carbocycles. The minimum absolute atomic E-state index is 0.0202. The number of aromatic carboxylic acids is 1. The fourth-order valence-electron chi connectivity index (χ4n) is 1.30. The molecular weight excluding hydrogens is 282 g/mol. The normalized spacial score (nSPS) is 10.0. The lowest BCUT2D eigenvalue weighted by molar-refractivity contribution is 0.0691. The van der Waals surface area contributed by atoms with Gasteiger partial charge in [0.25, 0.3) is 0 Å². The van der Waals surface area contributed by atoms with Crippen LogP contribution in [0, 0.1) is 0 Å². The van der Waals surface area contributed by atoms with Gasteiger partial charge in [-0.25, -0.2) is 24.5 Å². The van der Waals surface area contributed by atoms with Gasteiger partial charge in [-0.2, -0.15) is 0 Å². The van der Waals surface area contributed by atoms with Crippen LogP contribution in [0.5, 0.6) is 0 Å². The highest BCUT2D eigenvalue weighted by Gasteiger charge is 2.09. The molecule has 0 atom stereocenters. The van der Waals surface area contributed by atoms with Crippen molar-refractivity contribution < 1.29 is 14.7 Å². The molecule has 3 N–H and O–H groups in total. The molecule has 20 heavy (non-hydrogen) atoms. The molecule has 104 valence electrons. The summed E-state index contributed by atoms with van der Waals surface area (Å²) < 4.78 is 0. The van der Waals surface area contributed by atoms with E-state index in [1.165, 1.54) is 23.0 Å². The zero-order valence-electron chi connectivity index (χ0n) is 10.2. The number of carbonyl (C=O) groups excluding carboxylic acids is 1. The Morgan fingerprint density at radius 3 is 2.75 bits per heavy atom. The molecule has 0 fully saturated rings. The fraction of sp³-hybridized carbons (Fsp3) is 0.182. The third-order valence-electron chi connectivity index (χ3n) is 2.24. The van der Waals surface area contributed by atoms with Gasteiger partial charge in [-0.3, -0.25) is 0 Å². The maximum atomic E-state index is 11.5. The van der Waals surface area contributed by atoms with Crippen molar-refractivity contribution >= 4 is 23.3 Å². The van der Waals surface area contributed by atoms with E-state index < -0.39 is 5.97 Å². The summed E-state index contributed by atoms with van der Waals surface area (Å²) in [5.41, 5.74) is 0.672. The van der Waals surface area contributed by atoms with Gasteiger partial charge in [0.15, 0.2) is 5.69 Å². The van der Waals surface area contributed by atoms with E-state index in [-0.39, 0.29) is 24.8 Å². The molecule has 0 spiro atoms. The second kappa shape index (κ2) is 6.57. The van der Waals surface area contributed by atoms with Gasteiger partial charge in [0.05, 0.1) is 18.8 Å². The number of hydrogen-bond donors (Lipinski definition) is 3. The van der Waals surface area contributed by atoms with Crippen LogP contribution in [0.15, 0.2) is 24.0 Å². The molecule has 0 aromatic carbocycles. The number of amides is 2. The average Bonchev–Trinajstić information content (AvgIpc) is 2.93. The number of hydrogen-bond acceptors (Lipinski definition) is 6. The van der Waals surface area contributed by atoms with Gasteiger partial charge in [0.2, 0.25) is 0 Å². The summed E-state index contributed by atoms with van der Waals surface area (Å²) in [5.74, 6) is -1.08. The smallest absolute Gasteiger partial charge is 0.355 e. The Morgan fingerprint density at radius 1 is 1.30 bits per heavy atom. The molecule has 0 radical (unpaired) electrons. The molecule has 0 saturated heterocycles. The zero-order valence-corrected chi connectivity index (χ0v) is 11.1. The first-order valence-electron chi connectivity index (χ1n) is 5.59. The second-order valence-corrected chi connectivity index (χ2v) is 4.61. The number of nitrogens with zero attached hydrogens (tertiary/aromatic N) is 3. The topological polar surface area (TPSA) is 117 Å². The van der Waals surface area contributed by atoms with Crippen molar-refractivity contribution in [2.45, 2.75) is 13.1 Å². The van der Waals surface area contributed by atoms with Gasteiger partial charge < -0.3 is 15.7 Å². The van der Waals surface area contributed by atoms with Gasteiger partial charge in [-0.15, -0.1) is 11.3 Å². The highest BCUT2D eigenvalue weighted by Crippen LogP contribution is 2.09. The monoisotopic (exact) mass is 293 g/mol. The van der Waals surface area contributed by atoms with E-state index in [0.717, 1.165) is 0 Å². The minimum atomic E-state index is -1.08. The van der Waals surface area contributed by atoms with E-state index in [1.807, 2.05) is 0 Å². The largest absolute Gasteiger partial charge is 0.476 e. The lowest BCUT2D eigenvalue weighted by Gasteiger charge is -2.05. The number of aromatic nitrogens is 3. The quantitative estimate of drug-likeness (QED) is 0.744. The Morgan fingerprint density at radius 2 is 2.10 bits per heavy atom. The van der Waals surface area contributed by atoms with Crippen LogP contribution in [-0.2, 0) is 13.1 Å². The van der Waals surface area contributed by atoms with E-state index >= 15 is 0 Å². The van der Waals surface area contributed by atoms with Crippen LogP contribution in [0.3, 0.4) is 0 Å². The third kappa shape index (κ3) is 3.99. The van der Waals surface area contributed by atoms with Crippen molar-refractivity contribution in [3.63, 3.8) is 0 Å². The third-order valence-corrected chi connectivity index (χ3v) is 3.09. The molecule has 2 rings (SSSR count). The number of carboxylic acids is 1. The summed E-state index contributed by atoms with van der Waals surface area (Å²) in [6.07, 6.45) is 2.99. The molecule has 2 aromatic heterocycles. The molecular formula is C11H11N5O3S.